The van der Waals surface area contributed by atoms with E-state index in [1.165, 1.54) is 11.1 Å². The molecule has 104 valence electrons. The molecule has 1 atom stereocenters. The Morgan fingerprint density at radius 1 is 1.32 bits per heavy atom. The summed E-state index contributed by atoms with van der Waals surface area (Å²) >= 11 is 0. The lowest BCUT2D eigenvalue weighted by Crippen LogP contribution is -2.04. The van der Waals surface area contributed by atoms with Crippen LogP contribution in [0, 0.1) is 5.92 Å². The zero-order valence-electron chi connectivity index (χ0n) is 12.3. The standard InChI is InChI=1S/C16H24N2O/c1-5-12(10-19)13-6-7-14-15(9-13)18(4)16(17-14)8-11(2)3/h6-7,9,11-12,19H,5,8,10H2,1-4H3. The topological polar surface area (TPSA) is 38.1 Å². The predicted octanol–water partition coefficient (Wildman–Crippen LogP) is 3.26. The van der Waals surface area contributed by atoms with Gasteiger partial charge in [0.2, 0.25) is 0 Å². The van der Waals surface area contributed by atoms with E-state index >= 15 is 0 Å². The van der Waals surface area contributed by atoms with Gasteiger partial charge in [0, 0.05) is 26.0 Å². The fourth-order valence-corrected chi connectivity index (χ4v) is 2.53. The van der Waals surface area contributed by atoms with Crippen LogP contribution in [0.25, 0.3) is 11.0 Å². The minimum Gasteiger partial charge on any atom is -0.396 e. The van der Waals surface area contributed by atoms with E-state index in [0.29, 0.717) is 5.92 Å². The van der Waals surface area contributed by atoms with Crippen molar-refractivity contribution in [2.24, 2.45) is 13.0 Å². The molecule has 0 saturated heterocycles. The Morgan fingerprint density at radius 3 is 2.63 bits per heavy atom. The van der Waals surface area contributed by atoms with Gasteiger partial charge in [-0.05, 0) is 30.0 Å². The molecule has 0 spiro atoms. The number of fused-ring (bicyclic) bond motifs is 1. The van der Waals surface area contributed by atoms with Gasteiger partial charge in [0.25, 0.3) is 0 Å². The number of nitrogens with zero attached hydrogens (tertiary/aromatic N) is 2. The van der Waals surface area contributed by atoms with E-state index < -0.39 is 0 Å². The number of hydrogen-bond donors (Lipinski definition) is 1. The predicted molar refractivity (Wildman–Crippen MR) is 79.4 cm³/mol. The van der Waals surface area contributed by atoms with Crippen molar-refractivity contribution >= 4 is 11.0 Å². The highest BCUT2D eigenvalue weighted by molar-refractivity contribution is 5.77. The summed E-state index contributed by atoms with van der Waals surface area (Å²) in [6, 6.07) is 6.35. The first kappa shape index (κ1) is 14.1. The normalized spacial score (nSPS) is 13.4. The number of hydrogen-bond acceptors (Lipinski definition) is 2. The summed E-state index contributed by atoms with van der Waals surface area (Å²) in [5.74, 6) is 1.97. The van der Waals surface area contributed by atoms with E-state index in [0.717, 1.165) is 24.2 Å². The molecule has 0 fully saturated rings. The molecule has 0 saturated carbocycles. The lowest BCUT2D eigenvalue weighted by Gasteiger charge is -2.12. The van der Waals surface area contributed by atoms with Gasteiger partial charge in [-0.25, -0.2) is 4.98 Å². The highest BCUT2D eigenvalue weighted by Crippen LogP contribution is 2.24. The number of imidazole rings is 1. The van der Waals surface area contributed by atoms with Crippen molar-refractivity contribution in [2.45, 2.75) is 39.5 Å². The zero-order valence-corrected chi connectivity index (χ0v) is 12.3. The zero-order chi connectivity index (χ0) is 14.0. The molecule has 0 aliphatic rings. The van der Waals surface area contributed by atoms with Crippen molar-refractivity contribution in [2.75, 3.05) is 6.61 Å². The molecule has 2 aromatic rings. The van der Waals surface area contributed by atoms with Gasteiger partial charge in [0.1, 0.15) is 5.82 Å². The molecule has 0 aliphatic carbocycles. The number of benzene rings is 1. The molecule has 1 heterocycles. The first-order valence-corrected chi connectivity index (χ1v) is 7.12. The molecule has 0 aliphatic heterocycles. The number of aromatic nitrogens is 2. The second-order valence-corrected chi connectivity index (χ2v) is 5.72. The van der Waals surface area contributed by atoms with Gasteiger partial charge in [-0.3, -0.25) is 0 Å². The second kappa shape index (κ2) is 5.74. The fraction of sp³-hybridized carbons (Fsp3) is 0.562. The monoisotopic (exact) mass is 260 g/mol. The summed E-state index contributed by atoms with van der Waals surface area (Å²) in [5, 5.41) is 9.42. The molecule has 1 unspecified atom stereocenters. The molecule has 0 radical (unpaired) electrons. The SMILES string of the molecule is CCC(CO)c1ccc2nc(CC(C)C)n(C)c2c1. The number of rotatable bonds is 5. The molecular formula is C16H24N2O. The Morgan fingerprint density at radius 2 is 2.05 bits per heavy atom. The minimum atomic E-state index is 0.207. The molecule has 0 amide bonds. The highest BCUT2D eigenvalue weighted by atomic mass is 16.3. The van der Waals surface area contributed by atoms with E-state index in [1.54, 1.807) is 0 Å². The van der Waals surface area contributed by atoms with E-state index in [9.17, 15) is 5.11 Å². The van der Waals surface area contributed by atoms with Crippen molar-refractivity contribution in [1.29, 1.82) is 0 Å². The first-order valence-electron chi connectivity index (χ1n) is 7.12. The van der Waals surface area contributed by atoms with Crippen LogP contribution in [-0.4, -0.2) is 21.3 Å². The molecule has 0 bridgehead atoms. The van der Waals surface area contributed by atoms with Crippen LogP contribution in [0.2, 0.25) is 0 Å². The average Bonchev–Trinajstić information content (AvgIpc) is 2.67. The molecule has 2 rings (SSSR count). The summed E-state index contributed by atoms with van der Waals surface area (Å²) in [7, 11) is 2.08. The molecule has 3 heteroatoms. The van der Waals surface area contributed by atoms with Gasteiger partial charge in [-0.2, -0.15) is 0 Å². The molecule has 19 heavy (non-hydrogen) atoms. The van der Waals surface area contributed by atoms with Gasteiger partial charge in [-0.1, -0.05) is 26.8 Å². The second-order valence-electron chi connectivity index (χ2n) is 5.72. The number of aliphatic hydroxyl groups is 1. The van der Waals surface area contributed by atoms with Gasteiger partial charge in [0.15, 0.2) is 0 Å². The third-order valence-corrected chi connectivity index (χ3v) is 3.77. The summed E-state index contributed by atoms with van der Waals surface area (Å²) < 4.78 is 2.18. The maximum atomic E-state index is 9.42. The van der Waals surface area contributed by atoms with Crippen molar-refractivity contribution in [3.63, 3.8) is 0 Å². The van der Waals surface area contributed by atoms with E-state index in [4.69, 9.17) is 4.98 Å². The van der Waals surface area contributed by atoms with Crippen molar-refractivity contribution in [3.05, 3.63) is 29.6 Å². The van der Waals surface area contributed by atoms with Crippen LogP contribution < -0.4 is 0 Å². The van der Waals surface area contributed by atoms with Crippen LogP contribution in [0.1, 0.15) is 44.5 Å². The molecule has 1 aromatic carbocycles. The largest absolute Gasteiger partial charge is 0.396 e. The minimum absolute atomic E-state index is 0.207. The Balaban J connectivity index is 2.44. The lowest BCUT2D eigenvalue weighted by molar-refractivity contribution is 0.262. The average molecular weight is 260 g/mol. The van der Waals surface area contributed by atoms with E-state index in [2.05, 4.69) is 50.6 Å². The Hall–Kier alpha value is -1.35. The van der Waals surface area contributed by atoms with Crippen molar-refractivity contribution < 1.29 is 5.11 Å². The van der Waals surface area contributed by atoms with Crippen molar-refractivity contribution in [3.8, 4) is 0 Å². The van der Waals surface area contributed by atoms with Gasteiger partial charge in [0.05, 0.1) is 11.0 Å². The summed E-state index contributed by atoms with van der Waals surface area (Å²) in [5.41, 5.74) is 3.42. The van der Waals surface area contributed by atoms with Crippen LogP contribution >= 0.6 is 0 Å². The quantitative estimate of drug-likeness (QED) is 0.896. The van der Waals surface area contributed by atoms with Crippen LogP contribution in [0.5, 0.6) is 0 Å². The van der Waals surface area contributed by atoms with Crippen LogP contribution in [0.3, 0.4) is 0 Å². The van der Waals surface area contributed by atoms with Crippen molar-refractivity contribution in [1.82, 2.24) is 9.55 Å². The molecule has 3 nitrogen and oxygen atoms in total. The van der Waals surface area contributed by atoms with Crippen LogP contribution in [0.4, 0.5) is 0 Å². The summed E-state index contributed by atoms with van der Waals surface area (Å²) in [4.78, 5) is 4.70. The maximum absolute atomic E-state index is 9.42. The highest BCUT2D eigenvalue weighted by Gasteiger charge is 2.13. The first-order chi connectivity index (χ1) is 9.06. The smallest absolute Gasteiger partial charge is 0.109 e. The van der Waals surface area contributed by atoms with E-state index in [-0.39, 0.29) is 12.5 Å². The van der Waals surface area contributed by atoms with Gasteiger partial charge >= 0.3 is 0 Å². The third kappa shape index (κ3) is 2.81. The third-order valence-electron chi connectivity index (χ3n) is 3.77. The van der Waals surface area contributed by atoms with Crippen LogP contribution in [0.15, 0.2) is 18.2 Å². The Labute approximate surface area is 115 Å². The van der Waals surface area contributed by atoms with Gasteiger partial charge < -0.3 is 9.67 Å². The maximum Gasteiger partial charge on any atom is 0.109 e. The lowest BCUT2D eigenvalue weighted by atomic mass is 9.97. The summed E-state index contributed by atoms with van der Waals surface area (Å²) in [6.45, 7) is 6.74. The fourth-order valence-electron chi connectivity index (χ4n) is 2.53. The molecular weight excluding hydrogens is 236 g/mol. The number of aryl methyl sites for hydroxylation is 1. The summed E-state index contributed by atoms with van der Waals surface area (Å²) in [6.07, 6.45) is 1.95. The Bertz CT molecular complexity index is 553. The number of aliphatic hydroxyl groups excluding tert-OH is 1. The molecule has 1 N–H and O–H groups in total. The van der Waals surface area contributed by atoms with Crippen LogP contribution in [-0.2, 0) is 13.5 Å². The Kier molecular flexibility index (Phi) is 4.25. The van der Waals surface area contributed by atoms with E-state index in [1.807, 2.05) is 0 Å². The molecule has 1 aromatic heterocycles. The van der Waals surface area contributed by atoms with Gasteiger partial charge in [-0.15, -0.1) is 0 Å².